The maximum absolute atomic E-state index is 14.0. The maximum Gasteiger partial charge on any atom is 0.247 e. The molecule has 0 unspecified atom stereocenters. The van der Waals surface area contributed by atoms with Gasteiger partial charge in [0.15, 0.2) is 5.82 Å². The number of benzene rings is 2. The summed E-state index contributed by atoms with van der Waals surface area (Å²) in [4.78, 5) is 8.63. The lowest BCUT2D eigenvalue weighted by Gasteiger charge is -2.36. The number of piperazine rings is 1. The van der Waals surface area contributed by atoms with Crippen molar-refractivity contribution < 1.29 is 8.78 Å². The van der Waals surface area contributed by atoms with Gasteiger partial charge in [0.25, 0.3) is 0 Å². The van der Waals surface area contributed by atoms with Crippen molar-refractivity contribution in [3.63, 3.8) is 0 Å². The Morgan fingerprint density at radius 2 is 1.62 bits per heavy atom. The largest absolute Gasteiger partial charge is 0.368 e. The van der Waals surface area contributed by atoms with Crippen molar-refractivity contribution in [1.29, 1.82) is 0 Å². The molecule has 0 saturated carbocycles. The number of anilines is 3. The first kappa shape index (κ1) is 19.0. The van der Waals surface area contributed by atoms with Gasteiger partial charge in [-0.2, -0.15) is 10.1 Å². The van der Waals surface area contributed by atoms with E-state index in [9.17, 15) is 8.78 Å². The van der Waals surface area contributed by atoms with Crippen LogP contribution in [0.15, 0.2) is 54.7 Å². The topological polar surface area (TPSA) is 57.2 Å². The third kappa shape index (κ3) is 4.77. The second-order valence-corrected chi connectivity index (χ2v) is 6.87. The second-order valence-electron chi connectivity index (χ2n) is 6.87. The molecule has 1 aliphatic heterocycles. The number of hydrogen-bond donors (Lipinski definition) is 1. The molecule has 150 valence electrons. The lowest BCUT2D eigenvalue weighted by atomic mass is 10.1. The van der Waals surface area contributed by atoms with Crippen LogP contribution in [0.1, 0.15) is 5.56 Å². The van der Waals surface area contributed by atoms with E-state index in [1.54, 1.807) is 30.5 Å². The van der Waals surface area contributed by atoms with E-state index in [1.807, 2.05) is 11.0 Å². The molecule has 1 N–H and O–H groups in total. The van der Waals surface area contributed by atoms with Crippen LogP contribution in [0.4, 0.5) is 26.2 Å². The van der Waals surface area contributed by atoms with Crippen molar-refractivity contribution in [3.8, 4) is 0 Å². The van der Waals surface area contributed by atoms with Gasteiger partial charge in [-0.05, 0) is 36.2 Å². The number of rotatable bonds is 6. The van der Waals surface area contributed by atoms with E-state index in [2.05, 4.69) is 25.4 Å². The summed E-state index contributed by atoms with van der Waals surface area (Å²) in [7, 11) is 0. The normalized spacial score (nSPS) is 14.1. The van der Waals surface area contributed by atoms with E-state index in [4.69, 9.17) is 0 Å². The Labute approximate surface area is 168 Å². The SMILES string of the molecule is Fc1ccc(CCNc2cnnc(N3CCN(c4ccccc4F)CC3)n2)cc1. The molecule has 8 heteroatoms. The van der Waals surface area contributed by atoms with E-state index < -0.39 is 0 Å². The van der Waals surface area contributed by atoms with Gasteiger partial charge in [-0.25, -0.2) is 8.78 Å². The molecule has 0 atom stereocenters. The number of nitrogens with one attached hydrogen (secondary N) is 1. The minimum atomic E-state index is -0.235. The Morgan fingerprint density at radius 1 is 0.897 bits per heavy atom. The van der Waals surface area contributed by atoms with E-state index >= 15 is 0 Å². The molecule has 3 aromatic rings. The predicted octanol–water partition coefficient (Wildman–Crippen LogP) is 3.13. The molecule has 2 aromatic carbocycles. The fourth-order valence-electron chi connectivity index (χ4n) is 3.35. The molecule has 6 nitrogen and oxygen atoms in total. The van der Waals surface area contributed by atoms with Crippen molar-refractivity contribution >= 4 is 17.5 Å². The van der Waals surface area contributed by atoms with E-state index in [1.165, 1.54) is 18.2 Å². The summed E-state index contributed by atoms with van der Waals surface area (Å²) in [5.74, 6) is 0.770. The van der Waals surface area contributed by atoms with Crippen molar-refractivity contribution in [2.45, 2.75) is 6.42 Å². The Hall–Kier alpha value is -3.29. The maximum atomic E-state index is 14.0. The van der Waals surface area contributed by atoms with Gasteiger partial charge in [-0.1, -0.05) is 24.3 Å². The first-order chi connectivity index (χ1) is 14.2. The minimum absolute atomic E-state index is 0.203. The van der Waals surface area contributed by atoms with Crippen LogP contribution in [0.5, 0.6) is 0 Å². The molecule has 0 aliphatic carbocycles. The summed E-state index contributed by atoms with van der Waals surface area (Å²) < 4.78 is 27.0. The van der Waals surface area contributed by atoms with Gasteiger partial charge in [-0.3, -0.25) is 0 Å². The van der Waals surface area contributed by atoms with Crippen molar-refractivity contribution in [2.75, 3.05) is 47.8 Å². The zero-order valence-corrected chi connectivity index (χ0v) is 15.9. The number of aromatic nitrogens is 3. The van der Waals surface area contributed by atoms with Gasteiger partial charge in [0.1, 0.15) is 11.6 Å². The van der Waals surface area contributed by atoms with Gasteiger partial charge >= 0.3 is 0 Å². The summed E-state index contributed by atoms with van der Waals surface area (Å²) in [5, 5.41) is 11.4. The molecule has 4 rings (SSSR count). The highest BCUT2D eigenvalue weighted by atomic mass is 19.1. The van der Waals surface area contributed by atoms with Crippen LogP contribution in [-0.2, 0) is 6.42 Å². The molecule has 1 aromatic heterocycles. The Kier molecular flexibility index (Phi) is 5.79. The summed E-state index contributed by atoms with van der Waals surface area (Å²) in [6.45, 7) is 3.41. The summed E-state index contributed by atoms with van der Waals surface area (Å²) >= 11 is 0. The van der Waals surface area contributed by atoms with Gasteiger partial charge in [0, 0.05) is 32.7 Å². The van der Waals surface area contributed by atoms with Crippen LogP contribution in [0, 0.1) is 11.6 Å². The van der Waals surface area contributed by atoms with E-state index in [0.717, 1.165) is 12.0 Å². The zero-order valence-electron chi connectivity index (χ0n) is 15.9. The zero-order chi connectivity index (χ0) is 20.1. The van der Waals surface area contributed by atoms with Crippen molar-refractivity contribution in [2.24, 2.45) is 0 Å². The molecular formula is C21H22F2N6. The molecule has 0 spiro atoms. The molecule has 1 saturated heterocycles. The van der Waals surface area contributed by atoms with Gasteiger partial charge in [-0.15, -0.1) is 5.10 Å². The van der Waals surface area contributed by atoms with Crippen LogP contribution in [0.2, 0.25) is 0 Å². The summed E-state index contributed by atoms with van der Waals surface area (Å²) in [6.07, 6.45) is 2.34. The van der Waals surface area contributed by atoms with Crippen molar-refractivity contribution in [3.05, 3.63) is 71.9 Å². The van der Waals surface area contributed by atoms with Crippen LogP contribution in [0.25, 0.3) is 0 Å². The minimum Gasteiger partial charge on any atom is -0.368 e. The second kappa shape index (κ2) is 8.81. The highest BCUT2D eigenvalue weighted by molar-refractivity contribution is 5.50. The van der Waals surface area contributed by atoms with Gasteiger partial charge in [0.2, 0.25) is 5.95 Å². The number of para-hydroxylation sites is 1. The monoisotopic (exact) mass is 396 g/mol. The molecule has 1 aliphatic rings. The third-order valence-corrected chi connectivity index (χ3v) is 4.94. The van der Waals surface area contributed by atoms with Crippen LogP contribution in [0.3, 0.4) is 0 Å². The van der Waals surface area contributed by atoms with Crippen LogP contribution >= 0.6 is 0 Å². The average molecular weight is 396 g/mol. The molecule has 2 heterocycles. The first-order valence-electron chi connectivity index (χ1n) is 9.61. The predicted molar refractivity (Wildman–Crippen MR) is 109 cm³/mol. The van der Waals surface area contributed by atoms with Crippen molar-refractivity contribution in [1.82, 2.24) is 15.2 Å². The summed E-state index contributed by atoms with van der Waals surface area (Å²) in [5.41, 5.74) is 1.67. The van der Waals surface area contributed by atoms with Crippen LogP contribution < -0.4 is 15.1 Å². The third-order valence-electron chi connectivity index (χ3n) is 4.94. The first-order valence-corrected chi connectivity index (χ1v) is 9.61. The van der Waals surface area contributed by atoms with Gasteiger partial charge in [0.05, 0.1) is 11.9 Å². The standard InChI is InChI=1S/C21H22F2N6/c22-17-7-5-16(6-8-17)9-10-24-20-15-25-27-21(26-20)29-13-11-28(12-14-29)19-4-2-1-3-18(19)23/h1-8,15H,9-14H2,(H,24,26,27). The summed E-state index contributed by atoms with van der Waals surface area (Å²) in [6, 6.07) is 13.3. The fraction of sp³-hybridized carbons (Fsp3) is 0.286. The number of nitrogens with zero attached hydrogens (tertiary/aromatic N) is 5. The Balaban J connectivity index is 1.32. The fourth-order valence-corrected chi connectivity index (χ4v) is 3.35. The highest BCUT2D eigenvalue weighted by Gasteiger charge is 2.21. The van der Waals surface area contributed by atoms with E-state index in [-0.39, 0.29) is 11.6 Å². The van der Waals surface area contributed by atoms with E-state index in [0.29, 0.717) is 50.2 Å². The number of hydrogen-bond acceptors (Lipinski definition) is 6. The van der Waals surface area contributed by atoms with Crippen LogP contribution in [-0.4, -0.2) is 47.9 Å². The highest BCUT2D eigenvalue weighted by Crippen LogP contribution is 2.21. The number of halogens is 2. The molecule has 0 amide bonds. The molecule has 0 bridgehead atoms. The lowest BCUT2D eigenvalue weighted by molar-refractivity contribution is 0.592. The molecule has 29 heavy (non-hydrogen) atoms. The van der Waals surface area contributed by atoms with Gasteiger partial charge < -0.3 is 15.1 Å². The molecular weight excluding hydrogens is 374 g/mol. The molecule has 0 radical (unpaired) electrons. The quantitative estimate of drug-likeness (QED) is 0.691. The Morgan fingerprint density at radius 3 is 2.38 bits per heavy atom. The lowest BCUT2D eigenvalue weighted by Crippen LogP contribution is -2.47. The smallest absolute Gasteiger partial charge is 0.247 e. The molecule has 1 fully saturated rings. The Bertz CT molecular complexity index is 942. The average Bonchev–Trinajstić information content (AvgIpc) is 2.76.